The second-order valence-electron chi connectivity index (χ2n) is 5.28. The number of anilines is 1. The lowest BCUT2D eigenvalue weighted by molar-refractivity contribution is 0.589. The Balaban J connectivity index is 2.51. The molecule has 0 aromatic carbocycles. The van der Waals surface area contributed by atoms with Gasteiger partial charge in [0, 0.05) is 11.2 Å². The van der Waals surface area contributed by atoms with Crippen molar-refractivity contribution in [2.75, 3.05) is 5.73 Å². The molecule has 2 heterocycles. The van der Waals surface area contributed by atoms with Crippen molar-refractivity contribution in [1.82, 2.24) is 9.97 Å². The molecule has 0 atom stereocenters. The molecule has 18 heavy (non-hydrogen) atoms. The summed E-state index contributed by atoms with van der Waals surface area (Å²) in [4.78, 5) is 8.59. The van der Waals surface area contributed by atoms with Gasteiger partial charge < -0.3 is 5.73 Å². The molecule has 0 aliphatic carbocycles. The van der Waals surface area contributed by atoms with Gasteiger partial charge in [-0.05, 0) is 35.2 Å². The Morgan fingerprint density at radius 3 is 2.44 bits per heavy atom. The molecule has 0 unspecified atom stereocenters. The van der Waals surface area contributed by atoms with E-state index in [0.29, 0.717) is 16.5 Å². The molecule has 2 N–H and O–H groups in total. The van der Waals surface area contributed by atoms with Crippen molar-refractivity contribution in [3.63, 3.8) is 0 Å². The molecule has 0 fully saturated rings. The molecule has 0 saturated carbocycles. The summed E-state index contributed by atoms with van der Waals surface area (Å²) in [6, 6.07) is 7.43. The lowest BCUT2D eigenvalue weighted by atomic mass is 9.87. The van der Waals surface area contributed by atoms with E-state index in [-0.39, 0.29) is 5.41 Å². The van der Waals surface area contributed by atoms with Gasteiger partial charge in [-0.15, -0.1) is 0 Å². The third-order valence-corrected chi connectivity index (χ3v) is 2.92. The quantitative estimate of drug-likeness (QED) is 0.852. The fraction of sp³-hybridized carbons (Fsp3) is 0.286. The molecule has 2 rings (SSSR count). The van der Waals surface area contributed by atoms with Gasteiger partial charge in [-0.1, -0.05) is 32.4 Å². The van der Waals surface area contributed by atoms with E-state index in [4.69, 9.17) is 17.3 Å². The zero-order valence-electron chi connectivity index (χ0n) is 10.7. The van der Waals surface area contributed by atoms with Crippen LogP contribution in [0.25, 0.3) is 11.4 Å². The first-order valence-electron chi connectivity index (χ1n) is 5.76. The monoisotopic (exact) mass is 261 g/mol. The van der Waals surface area contributed by atoms with E-state index in [1.807, 2.05) is 12.1 Å². The molecule has 0 bridgehead atoms. The third-order valence-electron chi connectivity index (χ3n) is 2.70. The minimum absolute atomic E-state index is 0.0712. The average molecular weight is 262 g/mol. The maximum atomic E-state index is 5.98. The highest BCUT2D eigenvalue weighted by Gasteiger charge is 2.15. The van der Waals surface area contributed by atoms with Crippen LogP contribution in [0.1, 0.15) is 26.3 Å². The number of nitrogens with zero attached hydrogens (tertiary/aromatic N) is 2. The van der Waals surface area contributed by atoms with E-state index in [9.17, 15) is 0 Å². The Morgan fingerprint density at radius 1 is 1.11 bits per heavy atom. The molecule has 0 spiro atoms. The van der Waals surface area contributed by atoms with Crippen LogP contribution in [-0.2, 0) is 5.41 Å². The van der Waals surface area contributed by atoms with Crippen LogP contribution < -0.4 is 5.73 Å². The first-order valence-corrected chi connectivity index (χ1v) is 6.14. The zero-order valence-corrected chi connectivity index (χ0v) is 11.5. The summed E-state index contributed by atoms with van der Waals surface area (Å²) in [6.07, 6.45) is 1.79. The molecule has 94 valence electrons. The standard InChI is InChI=1S/C14H16ClN3/c1-14(2,3)9-4-5-17-11(6-9)12-7-10(15)8-13(16)18-12/h4-8H,1-3H3,(H2,16,18). The van der Waals surface area contributed by atoms with Crippen LogP contribution in [0.3, 0.4) is 0 Å². The minimum atomic E-state index is 0.0712. The van der Waals surface area contributed by atoms with Crippen LogP contribution in [0.15, 0.2) is 30.5 Å². The van der Waals surface area contributed by atoms with Crippen LogP contribution in [0.5, 0.6) is 0 Å². The van der Waals surface area contributed by atoms with Crippen molar-refractivity contribution < 1.29 is 0 Å². The van der Waals surface area contributed by atoms with E-state index >= 15 is 0 Å². The number of aromatic nitrogens is 2. The smallest absolute Gasteiger partial charge is 0.125 e. The fourth-order valence-electron chi connectivity index (χ4n) is 1.69. The maximum absolute atomic E-state index is 5.98. The first kappa shape index (κ1) is 12.8. The Bertz CT molecular complexity index is 553. The van der Waals surface area contributed by atoms with Crippen LogP contribution >= 0.6 is 11.6 Å². The molecule has 0 amide bonds. The van der Waals surface area contributed by atoms with Gasteiger partial charge in [-0.25, -0.2) is 4.98 Å². The largest absolute Gasteiger partial charge is 0.384 e. The van der Waals surface area contributed by atoms with Crippen LogP contribution in [0.2, 0.25) is 5.02 Å². The van der Waals surface area contributed by atoms with Crippen molar-refractivity contribution >= 4 is 17.4 Å². The van der Waals surface area contributed by atoms with Crippen molar-refractivity contribution in [2.45, 2.75) is 26.2 Å². The number of halogens is 1. The Morgan fingerprint density at radius 2 is 1.83 bits per heavy atom. The summed E-state index contributed by atoms with van der Waals surface area (Å²) in [6.45, 7) is 6.48. The van der Waals surface area contributed by atoms with E-state index in [1.54, 1.807) is 18.3 Å². The average Bonchev–Trinajstić information content (AvgIpc) is 2.27. The maximum Gasteiger partial charge on any atom is 0.125 e. The lowest BCUT2D eigenvalue weighted by Crippen LogP contribution is -2.11. The van der Waals surface area contributed by atoms with Gasteiger partial charge in [0.1, 0.15) is 5.82 Å². The van der Waals surface area contributed by atoms with E-state index < -0.39 is 0 Å². The Labute approximate surface area is 112 Å². The molecular formula is C14H16ClN3. The summed E-state index contributed by atoms with van der Waals surface area (Å²) in [5.41, 5.74) is 8.46. The van der Waals surface area contributed by atoms with Crippen molar-refractivity contribution in [1.29, 1.82) is 0 Å². The summed E-state index contributed by atoms with van der Waals surface area (Å²) in [5, 5.41) is 0.570. The minimum Gasteiger partial charge on any atom is -0.384 e. The molecule has 3 nitrogen and oxygen atoms in total. The van der Waals surface area contributed by atoms with Crippen molar-refractivity contribution in [3.8, 4) is 11.4 Å². The number of nitrogens with two attached hydrogens (primary N) is 1. The van der Waals surface area contributed by atoms with Gasteiger partial charge in [0.15, 0.2) is 0 Å². The van der Waals surface area contributed by atoms with E-state index in [0.717, 1.165) is 5.69 Å². The van der Waals surface area contributed by atoms with Crippen LogP contribution in [0.4, 0.5) is 5.82 Å². The molecule has 2 aromatic rings. The lowest BCUT2D eigenvalue weighted by Gasteiger charge is -2.19. The number of nitrogen functional groups attached to an aromatic ring is 1. The molecule has 4 heteroatoms. The van der Waals surface area contributed by atoms with Crippen molar-refractivity contribution in [3.05, 3.63) is 41.0 Å². The number of pyridine rings is 2. The second kappa shape index (κ2) is 4.58. The van der Waals surface area contributed by atoms with Gasteiger partial charge >= 0.3 is 0 Å². The van der Waals surface area contributed by atoms with Gasteiger partial charge in [0.05, 0.1) is 11.4 Å². The van der Waals surface area contributed by atoms with Crippen LogP contribution in [-0.4, -0.2) is 9.97 Å². The fourth-order valence-corrected chi connectivity index (χ4v) is 1.90. The Kier molecular flexibility index (Phi) is 3.26. The molecule has 2 aromatic heterocycles. The van der Waals surface area contributed by atoms with Gasteiger partial charge in [-0.2, -0.15) is 0 Å². The van der Waals surface area contributed by atoms with E-state index in [1.165, 1.54) is 5.56 Å². The highest BCUT2D eigenvalue weighted by Crippen LogP contribution is 2.26. The topological polar surface area (TPSA) is 51.8 Å². The predicted molar refractivity (Wildman–Crippen MR) is 75.6 cm³/mol. The van der Waals surface area contributed by atoms with Gasteiger partial charge in [0.2, 0.25) is 0 Å². The highest BCUT2D eigenvalue weighted by molar-refractivity contribution is 6.31. The zero-order chi connectivity index (χ0) is 13.3. The molecule has 0 aliphatic rings. The highest BCUT2D eigenvalue weighted by atomic mass is 35.5. The van der Waals surface area contributed by atoms with Crippen LogP contribution in [0, 0.1) is 0 Å². The summed E-state index contributed by atoms with van der Waals surface area (Å²) >= 11 is 5.98. The van der Waals surface area contributed by atoms with Crippen molar-refractivity contribution in [2.24, 2.45) is 0 Å². The number of hydrogen-bond acceptors (Lipinski definition) is 3. The molecular weight excluding hydrogens is 246 g/mol. The third kappa shape index (κ3) is 2.79. The summed E-state index contributed by atoms with van der Waals surface area (Å²) in [5.74, 6) is 0.403. The first-order chi connectivity index (χ1) is 8.36. The van der Waals surface area contributed by atoms with Gasteiger partial charge in [-0.3, -0.25) is 4.98 Å². The summed E-state index contributed by atoms with van der Waals surface area (Å²) < 4.78 is 0. The normalized spacial score (nSPS) is 11.6. The SMILES string of the molecule is CC(C)(C)c1ccnc(-c2cc(Cl)cc(N)n2)c1. The van der Waals surface area contributed by atoms with Gasteiger partial charge in [0.25, 0.3) is 0 Å². The van der Waals surface area contributed by atoms with E-state index in [2.05, 4.69) is 30.7 Å². The summed E-state index contributed by atoms with van der Waals surface area (Å²) in [7, 11) is 0. The molecule has 0 saturated heterocycles. The molecule has 0 radical (unpaired) electrons. The Hall–Kier alpha value is -1.61. The number of rotatable bonds is 1. The number of hydrogen-bond donors (Lipinski definition) is 1. The second-order valence-corrected chi connectivity index (χ2v) is 5.71. The predicted octanol–water partition coefficient (Wildman–Crippen LogP) is 3.68. The molecule has 0 aliphatic heterocycles.